The average Bonchev–Trinajstić information content (AvgIpc) is 2.16. The zero-order valence-corrected chi connectivity index (χ0v) is 9.17. The van der Waals surface area contributed by atoms with Gasteiger partial charge in [-0.05, 0) is 18.2 Å². The van der Waals surface area contributed by atoms with Gasteiger partial charge in [0.25, 0.3) is 0 Å². The van der Waals surface area contributed by atoms with Crippen LogP contribution in [0.4, 0.5) is 0 Å². The van der Waals surface area contributed by atoms with Crippen molar-refractivity contribution in [3.05, 3.63) is 39.0 Å². The standard InChI is InChI=1S/C10H8BrNO2/c1-2-9-12-8-5-6(11)3-4-7(8)10(13)14-9/h3-5H,2H2,1H3. The summed E-state index contributed by atoms with van der Waals surface area (Å²) in [5, 5.41) is 0.519. The Morgan fingerprint density at radius 3 is 3.00 bits per heavy atom. The van der Waals surface area contributed by atoms with Gasteiger partial charge in [0.15, 0.2) is 5.89 Å². The maximum absolute atomic E-state index is 11.4. The molecule has 0 N–H and O–H groups in total. The van der Waals surface area contributed by atoms with E-state index in [1.165, 1.54) is 0 Å². The van der Waals surface area contributed by atoms with Crippen LogP contribution in [0.15, 0.2) is 31.9 Å². The van der Waals surface area contributed by atoms with Crippen molar-refractivity contribution in [3.8, 4) is 0 Å². The molecule has 0 radical (unpaired) electrons. The molecule has 0 bridgehead atoms. The number of halogens is 1. The molecule has 1 aromatic heterocycles. The van der Waals surface area contributed by atoms with Crippen LogP contribution in [0.5, 0.6) is 0 Å². The van der Waals surface area contributed by atoms with Gasteiger partial charge in [0.05, 0.1) is 10.9 Å². The first-order valence-electron chi connectivity index (χ1n) is 4.30. The third kappa shape index (κ3) is 1.57. The first-order chi connectivity index (χ1) is 6.70. The van der Waals surface area contributed by atoms with E-state index in [4.69, 9.17) is 4.42 Å². The monoisotopic (exact) mass is 253 g/mol. The smallest absolute Gasteiger partial charge is 0.346 e. The van der Waals surface area contributed by atoms with Crippen molar-refractivity contribution in [2.45, 2.75) is 13.3 Å². The molecule has 1 heterocycles. The normalized spacial score (nSPS) is 10.7. The molecule has 0 fully saturated rings. The lowest BCUT2D eigenvalue weighted by molar-refractivity contribution is 0.450. The molecule has 2 aromatic rings. The van der Waals surface area contributed by atoms with Crippen LogP contribution in [0, 0.1) is 0 Å². The molecule has 3 nitrogen and oxygen atoms in total. The van der Waals surface area contributed by atoms with Gasteiger partial charge >= 0.3 is 5.63 Å². The summed E-state index contributed by atoms with van der Waals surface area (Å²) in [4.78, 5) is 15.7. The molecule has 0 spiro atoms. The van der Waals surface area contributed by atoms with Gasteiger partial charge in [-0.3, -0.25) is 0 Å². The number of nitrogens with zero attached hydrogens (tertiary/aromatic N) is 1. The SMILES string of the molecule is CCc1nc2cc(Br)ccc2c(=O)o1. The highest BCUT2D eigenvalue weighted by molar-refractivity contribution is 9.10. The Bertz CT molecular complexity index is 533. The van der Waals surface area contributed by atoms with E-state index in [-0.39, 0.29) is 5.63 Å². The molecule has 0 unspecified atom stereocenters. The van der Waals surface area contributed by atoms with Gasteiger partial charge in [-0.2, -0.15) is 0 Å². The fourth-order valence-corrected chi connectivity index (χ4v) is 1.59. The topological polar surface area (TPSA) is 43.1 Å². The fraction of sp³-hybridized carbons (Fsp3) is 0.200. The van der Waals surface area contributed by atoms with E-state index in [1.807, 2.05) is 13.0 Å². The highest BCUT2D eigenvalue weighted by Gasteiger charge is 2.04. The maximum Gasteiger partial charge on any atom is 0.346 e. The largest absolute Gasteiger partial charge is 0.408 e. The third-order valence-electron chi connectivity index (χ3n) is 1.94. The Labute approximate surface area is 88.9 Å². The summed E-state index contributed by atoms with van der Waals surface area (Å²) in [6, 6.07) is 5.32. The van der Waals surface area contributed by atoms with Crippen molar-refractivity contribution in [1.29, 1.82) is 0 Å². The molecule has 4 heteroatoms. The predicted octanol–water partition coefficient (Wildman–Crippen LogP) is 2.51. The van der Waals surface area contributed by atoms with Crippen LogP contribution in [0.25, 0.3) is 10.9 Å². The Kier molecular flexibility index (Phi) is 2.37. The van der Waals surface area contributed by atoms with Crippen LogP contribution in [0.2, 0.25) is 0 Å². The molecule has 14 heavy (non-hydrogen) atoms. The first kappa shape index (κ1) is 9.40. The van der Waals surface area contributed by atoms with E-state index in [2.05, 4.69) is 20.9 Å². The molecular formula is C10H8BrNO2. The minimum Gasteiger partial charge on any atom is -0.408 e. The second-order valence-corrected chi connectivity index (χ2v) is 3.83. The summed E-state index contributed by atoms with van der Waals surface area (Å²) in [5.74, 6) is 0.473. The molecule has 72 valence electrons. The van der Waals surface area contributed by atoms with Gasteiger partial charge in [0.2, 0.25) is 0 Å². The van der Waals surface area contributed by atoms with Crippen molar-refractivity contribution >= 4 is 26.8 Å². The minimum absolute atomic E-state index is 0.320. The van der Waals surface area contributed by atoms with E-state index in [9.17, 15) is 4.79 Å². The van der Waals surface area contributed by atoms with Crippen LogP contribution in [0.3, 0.4) is 0 Å². The van der Waals surface area contributed by atoms with E-state index in [1.54, 1.807) is 12.1 Å². The van der Waals surface area contributed by atoms with Gasteiger partial charge in [0, 0.05) is 10.9 Å². The second-order valence-electron chi connectivity index (χ2n) is 2.91. The lowest BCUT2D eigenvalue weighted by Crippen LogP contribution is -2.04. The van der Waals surface area contributed by atoms with Crippen LogP contribution < -0.4 is 5.63 Å². The molecular weight excluding hydrogens is 246 g/mol. The zero-order chi connectivity index (χ0) is 10.1. The summed E-state index contributed by atoms with van der Waals surface area (Å²) in [6.45, 7) is 1.90. The minimum atomic E-state index is -0.320. The number of aromatic nitrogens is 1. The van der Waals surface area contributed by atoms with E-state index in [0.29, 0.717) is 23.2 Å². The van der Waals surface area contributed by atoms with E-state index < -0.39 is 0 Å². The average molecular weight is 254 g/mol. The summed E-state index contributed by atoms with van der Waals surface area (Å²) >= 11 is 3.33. The van der Waals surface area contributed by atoms with Crippen LogP contribution in [-0.4, -0.2) is 4.98 Å². The van der Waals surface area contributed by atoms with E-state index >= 15 is 0 Å². The summed E-state index contributed by atoms with van der Waals surface area (Å²) < 4.78 is 5.91. The summed E-state index contributed by atoms with van der Waals surface area (Å²) in [5.41, 5.74) is 0.354. The summed E-state index contributed by atoms with van der Waals surface area (Å²) in [7, 11) is 0. The molecule has 0 saturated carbocycles. The van der Waals surface area contributed by atoms with Crippen molar-refractivity contribution in [1.82, 2.24) is 4.98 Å². The molecule has 1 aromatic carbocycles. The molecule has 0 atom stereocenters. The number of fused-ring (bicyclic) bond motifs is 1. The number of aryl methyl sites for hydroxylation is 1. The predicted molar refractivity (Wildman–Crippen MR) is 57.4 cm³/mol. The third-order valence-corrected chi connectivity index (χ3v) is 2.43. The lowest BCUT2D eigenvalue weighted by Gasteiger charge is -1.98. The van der Waals surface area contributed by atoms with Gasteiger partial charge in [-0.15, -0.1) is 0 Å². The fourth-order valence-electron chi connectivity index (χ4n) is 1.24. The number of hydrogen-bond acceptors (Lipinski definition) is 3. The molecule has 2 rings (SSSR count). The van der Waals surface area contributed by atoms with Crippen LogP contribution >= 0.6 is 15.9 Å². The van der Waals surface area contributed by atoms with Crippen molar-refractivity contribution < 1.29 is 4.42 Å². The van der Waals surface area contributed by atoms with Gasteiger partial charge in [0.1, 0.15) is 0 Å². The Balaban J connectivity index is 2.84. The van der Waals surface area contributed by atoms with Gasteiger partial charge in [-0.25, -0.2) is 9.78 Å². The Morgan fingerprint density at radius 2 is 2.29 bits per heavy atom. The molecule has 0 aliphatic carbocycles. The summed E-state index contributed by atoms with van der Waals surface area (Å²) in [6.07, 6.45) is 0.623. The van der Waals surface area contributed by atoms with Crippen molar-refractivity contribution in [2.75, 3.05) is 0 Å². The zero-order valence-electron chi connectivity index (χ0n) is 7.58. The number of hydrogen-bond donors (Lipinski definition) is 0. The molecule has 0 aliphatic rings. The van der Waals surface area contributed by atoms with Crippen LogP contribution in [0.1, 0.15) is 12.8 Å². The molecule has 0 saturated heterocycles. The highest BCUT2D eigenvalue weighted by atomic mass is 79.9. The first-order valence-corrected chi connectivity index (χ1v) is 5.09. The van der Waals surface area contributed by atoms with E-state index in [0.717, 1.165) is 4.47 Å². The number of benzene rings is 1. The lowest BCUT2D eigenvalue weighted by atomic mass is 10.2. The highest BCUT2D eigenvalue weighted by Crippen LogP contribution is 2.15. The quantitative estimate of drug-likeness (QED) is 0.785. The van der Waals surface area contributed by atoms with Crippen molar-refractivity contribution in [3.63, 3.8) is 0 Å². The van der Waals surface area contributed by atoms with Gasteiger partial charge in [-0.1, -0.05) is 22.9 Å². The van der Waals surface area contributed by atoms with Crippen molar-refractivity contribution in [2.24, 2.45) is 0 Å². The second kappa shape index (κ2) is 3.53. The maximum atomic E-state index is 11.4. The molecule has 0 amide bonds. The Hall–Kier alpha value is -1.16. The number of rotatable bonds is 1. The van der Waals surface area contributed by atoms with Crippen LogP contribution in [-0.2, 0) is 6.42 Å². The molecule has 0 aliphatic heterocycles. The van der Waals surface area contributed by atoms with Gasteiger partial charge < -0.3 is 4.42 Å². The Morgan fingerprint density at radius 1 is 1.50 bits per heavy atom.